The van der Waals surface area contributed by atoms with Crippen LogP contribution in [0.2, 0.25) is 0 Å². The maximum absolute atomic E-state index is 2.40. The number of rotatable bonds is 5. The van der Waals surface area contributed by atoms with Crippen LogP contribution in [0.1, 0.15) is 19.4 Å². The van der Waals surface area contributed by atoms with Gasteiger partial charge in [0.05, 0.1) is 0 Å². The first-order valence-corrected chi connectivity index (χ1v) is 7.00. The second-order valence-corrected chi connectivity index (χ2v) is 5.45. The van der Waals surface area contributed by atoms with Crippen LogP contribution in [-0.4, -0.2) is 13.1 Å². The van der Waals surface area contributed by atoms with Crippen molar-refractivity contribution in [1.29, 1.82) is 0 Å². The summed E-state index contributed by atoms with van der Waals surface area (Å²) in [6.07, 6.45) is 1.09. The summed E-state index contributed by atoms with van der Waals surface area (Å²) in [5.41, 5.74) is 2.70. The second kappa shape index (κ2) is 6.42. The highest BCUT2D eigenvalue weighted by Gasteiger charge is 2.19. The van der Waals surface area contributed by atoms with E-state index in [0.29, 0.717) is 12.0 Å². The molecule has 2 rings (SSSR count). The Morgan fingerprint density at radius 3 is 1.89 bits per heavy atom. The van der Waals surface area contributed by atoms with Crippen molar-refractivity contribution in [1.82, 2.24) is 0 Å². The molecular weight excluding hydrogens is 230 g/mol. The molecule has 0 fully saturated rings. The summed E-state index contributed by atoms with van der Waals surface area (Å²) in [5.74, 6) is 0.616. The van der Waals surface area contributed by atoms with Crippen molar-refractivity contribution in [2.75, 3.05) is 11.9 Å². The number of anilines is 1. The first-order chi connectivity index (χ1) is 9.18. The molecule has 0 amide bonds. The van der Waals surface area contributed by atoms with Gasteiger partial charge < -0.3 is 4.90 Å². The summed E-state index contributed by atoms with van der Waals surface area (Å²) >= 11 is 0. The average molecular weight is 253 g/mol. The summed E-state index contributed by atoms with van der Waals surface area (Å²) in [7, 11) is 2.20. The number of benzene rings is 2. The van der Waals surface area contributed by atoms with Gasteiger partial charge in [-0.05, 0) is 30.0 Å². The molecule has 0 aliphatic carbocycles. The van der Waals surface area contributed by atoms with Crippen LogP contribution in [0.3, 0.4) is 0 Å². The molecule has 0 saturated carbocycles. The smallest absolute Gasteiger partial charge is 0.0366 e. The highest BCUT2D eigenvalue weighted by Crippen LogP contribution is 2.21. The van der Waals surface area contributed by atoms with E-state index in [1.165, 1.54) is 11.3 Å². The number of hydrogen-bond acceptors (Lipinski definition) is 1. The van der Waals surface area contributed by atoms with E-state index < -0.39 is 0 Å². The van der Waals surface area contributed by atoms with Crippen molar-refractivity contribution >= 4 is 5.69 Å². The van der Waals surface area contributed by atoms with Crippen molar-refractivity contribution in [2.24, 2.45) is 5.92 Å². The first-order valence-electron chi connectivity index (χ1n) is 7.00. The van der Waals surface area contributed by atoms with Gasteiger partial charge >= 0.3 is 0 Å². The third kappa shape index (κ3) is 3.60. The number of nitrogens with zero attached hydrogens (tertiary/aromatic N) is 1. The highest BCUT2D eigenvalue weighted by atomic mass is 15.1. The van der Waals surface area contributed by atoms with Gasteiger partial charge in [-0.2, -0.15) is 0 Å². The van der Waals surface area contributed by atoms with Gasteiger partial charge in [0, 0.05) is 18.8 Å². The largest absolute Gasteiger partial charge is 0.371 e. The molecule has 1 atom stereocenters. The maximum atomic E-state index is 2.40. The van der Waals surface area contributed by atoms with Gasteiger partial charge in [0.25, 0.3) is 0 Å². The van der Waals surface area contributed by atoms with Gasteiger partial charge in [-0.3, -0.25) is 0 Å². The van der Waals surface area contributed by atoms with Crippen LogP contribution in [-0.2, 0) is 6.42 Å². The Balaban J connectivity index is 2.17. The number of para-hydroxylation sites is 1. The predicted octanol–water partition coefficient (Wildman–Crippen LogP) is 4.39. The zero-order valence-corrected chi connectivity index (χ0v) is 12.1. The number of likely N-dealkylation sites (N-methyl/N-ethyl adjacent to an activating group) is 1. The van der Waals surface area contributed by atoms with Crippen LogP contribution in [0.4, 0.5) is 5.69 Å². The Hall–Kier alpha value is -1.76. The zero-order valence-electron chi connectivity index (χ0n) is 12.1. The van der Waals surface area contributed by atoms with Crippen molar-refractivity contribution in [3.63, 3.8) is 0 Å². The van der Waals surface area contributed by atoms with Gasteiger partial charge in [-0.15, -0.1) is 0 Å². The Kier molecular flexibility index (Phi) is 4.62. The second-order valence-electron chi connectivity index (χ2n) is 5.45. The minimum atomic E-state index is 0.518. The molecular formula is C18H23N. The van der Waals surface area contributed by atoms with Crippen LogP contribution in [0.15, 0.2) is 60.7 Å². The molecule has 1 unspecified atom stereocenters. The molecule has 1 nitrogen and oxygen atoms in total. The Morgan fingerprint density at radius 1 is 0.842 bits per heavy atom. The van der Waals surface area contributed by atoms with E-state index >= 15 is 0 Å². The topological polar surface area (TPSA) is 3.24 Å². The summed E-state index contributed by atoms with van der Waals surface area (Å²) < 4.78 is 0. The lowest BCUT2D eigenvalue weighted by Crippen LogP contribution is -2.37. The standard InChI is InChI=1S/C18H23N/c1-15(2)18(14-16-10-6-4-7-11-16)19(3)17-12-8-5-9-13-17/h4-13,15,18H,14H2,1-3H3. The predicted molar refractivity (Wildman–Crippen MR) is 83.6 cm³/mol. The number of hydrogen-bond donors (Lipinski definition) is 0. The molecule has 1 heteroatoms. The van der Waals surface area contributed by atoms with Crippen molar-refractivity contribution in [2.45, 2.75) is 26.3 Å². The summed E-state index contributed by atoms with van der Waals surface area (Å²) in [4.78, 5) is 2.40. The normalized spacial score (nSPS) is 12.4. The Labute approximate surface area is 116 Å². The van der Waals surface area contributed by atoms with Crippen molar-refractivity contribution in [3.05, 3.63) is 66.2 Å². The molecule has 0 radical (unpaired) electrons. The third-order valence-electron chi connectivity index (χ3n) is 3.72. The van der Waals surface area contributed by atoms with Crippen molar-refractivity contribution < 1.29 is 0 Å². The van der Waals surface area contributed by atoms with Gasteiger partial charge in [0.2, 0.25) is 0 Å². The quantitative estimate of drug-likeness (QED) is 0.764. The lowest BCUT2D eigenvalue weighted by Gasteiger charge is -2.33. The molecule has 0 heterocycles. The van der Waals surface area contributed by atoms with E-state index in [2.05, 4.69) is 86.5 Å². The van der Waals surface area contributed by atoms with Crippen LogP contribution in [0.5, 0.6) is 0 Å². The van der Waals surface area contributed by atoms with E-state index in [9.17, 15) is 0 Å². The SMILES string of the molecule is CC(C)C(Cc1ccccc1)N(C)c1ccccc1. The fraction of sp³-hybridized carbons (Fsp3) is 0.333. The van der Waals surface area contributed by atoms with Crippen molar-refractivity contribution in [3.8, 4) is 0 Å². The summed E-state index contributed by atoms with van der Waals surface area (Å²) in [6, 6.07) is 21.9. The highest BCUT2D eigenvalue weighted by molar-refractivity contribution is 5.46. The molecule has 0 spiro atoms. The third-order valence-corrected chi connectivity index (χ3v) is 3.72. The minimum absolute atomic E-state index is 0.518. The van der Waals surface area contributed by atoms with E-state index in [1.54, 1.807) is 0 Å². The minimum Gasteiger partial charge on any atom is -0.371 e. The Bertz CT molecular complexity index is 476. The van der Waals surface area contributed by atoms with Crippen LogP contribution in [0.25, 0.3) is 0 Å². The van der Waals surface area contributed by atoms with E-state index in [4.69, 9.17) is 0 Å². The van der Waals surface area contributed by atoms with E-state index in [-0.39, 0.29) is 0 Å². The Morgan fingerprint density at radius 2 is 1.37 bits per heavy atom. The maximum Gasteiger partial charge on any atom is 0.0366 e. The molecule has 100 valence electrons. The lowest BCUT2D eigenvalue weighted by atomic mass is 9.95. The molecule has 0 saturated heterocycles. The zero-order chi connectivity index (χ0) is 13.7. The molecule has 0 bridgehead atoms. The van der Waals surface area contributed by atoms with Crippen LogP contribution in [0, 0.1) is 5.92 Å². The molecule has 19 heavy (non-hydrogen) atoms. The molecule has 0 aliphatic heterocycles. The van der Waals surface area contributed by atoms with Gasteiger partial charge in [0.15, 0.2) is 0 Å². The monoisotopic (exact) mass is 253 g/mol. The van der Waals surface area contributed by atoms with E-state index in [0.717, 1.165) is 6.42 Å². The summed E-state index contributed by atoms with van der Waals surface area (Å²) in [6.45, 7) is 4.60. The first kappa shape index (κ1) is 13.7. The lowest BCUT2D eigenvalue weighted by molar-refractivity contribution is 0.469. The molecule has 0 aromatic heterocycles. The van der Waals surface area contributed by atoms with Gasteiger partial charge in [0.1, 0.15) is 0 Å². The van der Waals surface area contributed by atoms with Crippen LogP contribution < -0.4 is 4.90 Å². The van der Waals surface area contributed by atoms with Crippen LogP contribution >= 0.6 is 0 Å². The molecule has 2 aromatic carbocycles. The van der Waals surface area contributed by atoms with Gasteiger partial charge in [-0.1, -0.05) is 62.4 Å². The van der Waals surface area contributed by atoms with Gasteiger partial charge in [-0.25, -0.2) is 0 Å². The fourth-order valence-electron chi connectivity index (χ4n) is 2.53. The fourth-order valence-corrected chi connectivity index (χ4v) is 2.53. The summed E-state index contributed by atoms with van der Waals surface area (Å²) in [5, 5.41) is 0. The molecule has 0 N–H and O–H groups in total. The molecule has 2 aromatic rings. The van der Waals surface area contributed by atoms with E-state index in [1.807, 2.05) is 0 Å². The average Bonchev–Trinajstić information content (AvgIpc) is 2.46. The molecule has 0 aliphatic rings.